The standard InChI is InChI=1S/C34H47F3N4O5/c1-33(2,3)46-32(42)40-20-23-7-5-22(17-24(23)21-40)6-11-27-19-29(15-16-39(27)4)45-28-12-8-25(9-13-28)38-26-10-14-31(41(43)44)30(18-26)34(35,36)37/h10,14-15,18-19,22-25,28,38H,5-9,11-13,16-17,20-21H2,1-4H3. The third-order valence-electron chi connectivity index (χ3n) is 9.83. The lowest BCUT2D eigenvalue weighted by Crippen LogP contribution is -2.35. The van der Waals surface area contributed by atoms with E-state index >= 15 is 0 Å². The van der Waals surface area contributed by atoms with Crippen LogP contribution in [0.25, 0.3) is 0 Å². The second kappa shape index (κ2) is 13.7. The maximum atomic E-state index is 13.4. The molecule has 254 valence electrons. The molecule has 1 saturated heterocycles. The van der Waals surface area contributed by atoms with Gasteiger partial charge in [-0.3, -0.25) is 10.1 Å². The van der Waals surface area contributed by atoms with Crippen LogP contribution in [0, 0.1) is 27.9 Å². The van der Waals surface area contributed by atoms with E-state index in [9.17, 15) is 28.1 Å². The number of nitrogens with zero attached hydrogens (tertiary/aromatic N) is 3. The van der Waals surface area contributed by atoms with Crippen molar-refractivity contribution in [1.82, 2.24) is 9.80 Å². The average Bonchev–Trinajstić information content (AvgIpc) is 3.41. The molecule has 0 radical (unpaired) electrons. The lowest BCUT2D eigenvalue weighted by atomic mass is 9.74. The number of halogens is 3. The van der Waals surface area contributed by atoms with Gasteiger partial charge in [-0.05, 0) is 114 Å². The summed E-state index contributed by atoms with van der Waals surface area (Å²) in [6.45, 7) is 8.09. The summed E-state index contributed by atoms with van der Waals surface area (Å²) in [5, 5.41) is 14.2. The molecular formula is C34H47F3N4O5. The van der Waals surface area contributed by atoms with Crippen molar-refractivity contribution in [2.45, 2.75) is 102 Å². The number of hydrogen-bond acceptors (Lipinski definition) is 7. The normalized spacial score (nSPS) is 27.0. The van der Waals surface area contributed by atoms with Crippen molar-refractivity contribution in [1.29, 1.82) is 0 Å². The predicted octanol–water partition coefficient (Wildman–Crippen LogP) is 8.13. The minimum Gasteiger partial charge on any atom is -0.491 e. The van der Waals surface area contributed by atoms with Crippen LogP contribution in [-0.4, -0.2) is 65.2 Å². The molecule has 2 aliphatic carbocycles. The predicted molar refractivity (Wildman–Crippen MR) is 169 cm³/mol. The van der Waals surface area contributed by atoms with E-state index in [2.05, 4.69) is 29.4 Å². The van der Waals surface area contributed by atoms with Crippen LogP contribution in [0.15, 0.2) is 41.8 Å². The van der Waals surface area contributed by atoms with Crippen molar-refractivity contribution in [3.8, 4) is 0 Å². The number of amides is 1. The number of carbonyl (C=O) groups is 1. The number of rotatable bonds is 8. The number of ether oxygens (including phenoxy) is 2. The second-order valence-electron chi connectivity index (χ2n) is 14.5. The van der Waals surface area contributed by atoms with Gasteiger partial charge in [-0.2, -0.15) is 13.2 Å². The molecule has 1 amide bonds. The zero-order valence-electron chi connectivity index (χ0n) is 27.3. The van der Waals surface area contributed by atoms with Crippen LogP contribution in [0.4, 0.5) is 29.3 Å². The van der Waals surface area contributed by atoms with Crippen LogP contribution in [0.3, 0.4) is 0 Å². The van der Waals surface area contributed by atoms with Crippen LogP contribution < -0.4 is 5.32 Å². The van der Waals surface area contributed by atoms with Gasteiger partial charge >= 0.3 is 12.3 Å². The molecular weight excluding hydrogens is 601 g/mol. The van der Waals surface area contributed by atoms with E-state index in [-0.39, 0.29) is 23.9 Å². The number of benzene rings is 1. The number of alkyl halides is 3. The Balaban J connectivity index is 1.07. The highest BCUT2D eigenvalue weighted by Crippen LogP contribution is 2.42. The van der Waals surface area contributed by atoms with E-state index in [4.69, 9.17) is 9.47 Å². The maximum absolute atomic E-state index is 13.4. The molecule has 1 aromatic rings. The van der Waals surface area contributed by atoms with E-state index in [0.29, 0.717) is 17.8 Å². The van der Waals surface area contributed by atoms with Crippen molar-refractivity contribution in [2.75, 3.05) is 32.0 Å². The summed E-state index contributed by atoms with van der Waals surface area (Å²) in [6.07, 6.45) is 7.81. The van der Waals surface area contributed by atoms with Gasteiger partial charge in [-0.1, -0.05) is 6.42 Å². The molecule has 3 fully saturated rings. The van der Waals surface area contributed by atoms with Gasteiger partial charge in [0.1, 0.15) is 16.9 Å². The third kappa shape index (κ3) is 8.67. The highest BCUT2D eigenvalue weighted by Gasteiger charge is 2.41. The molecule has 1 N–H and O–H groups in total. The first-order chi connectivity index (χ1) is 21.6. The molecule has 3 unspecified atom stereocenters. The Kier molecular flexibility index (Phi) is 10.1. The second-order valence-corrected chi connectivity index (χ2v) is 14.5. The molecule has 9 nitrogen and oxygen atoms in total. The van der Waals surface area contributed by atoms with Gasteiger partial charge in [0, 0.05) is 50.2 Å². The maximum Gasteiger partial charge on any atom is 0.423 e. The molecule has 4 aliphatic rings. The minimum atomic E-state index is -4.81. The van der Waals surface area contributed by atoms with Gasteiger partial charge in [0.15, 0.2) is 0 Å². The fraction of sp³-hybridized carbons (Fsp3) is 0.676. The first-order valence-electron chi connectivity index (χ1n) is 16.5. The van der Waals surface area contributed by atoms with Gasteiger partial charge in [0.2, 0.25) is 0 Å². The molecule has 46 heavy (non-hydrogen) atoms. The molecule has 3 atom stereocenters. The number of nitro groups is 1. The fourth-order valence-corrected chi connectivity index (χ4v) is 7.41. The van der Waals surface area contributed by atoms with Gasteiger partial charge in [-0.25, -0.2) is 4.79 Å². The molecule has 0 aromatic heterocycles. The van der Waals surface area contributed by atoms with Crippen molar-refractivity contribution in [2.24, 2.45) is 17.8 Å². The number of anilines is 1. The molecule has 12 heteroatoms. The number of hydrogen-bond donors (Lipinski definition) is 1. The zero-order chi connectivity index (χ0) is 33.2. The largest absolute Gasteiger partial charge is 0.491 e. The number of carbonyl (C=O) groups excluding carboxylic acids is 1. The van der Waals surface area contributed by atoms with Crippen molar-refractivity contribution < 1.29 is 32.4 Å². The summed E-state index contributed by atoms with van der Waals surface area (Å²) in [5.74, 6) is 2.62. The van der Waals surface area contributed by atoms with Gasteiger partial charge in [0.25, 0.3) is 5.69 Å². The average molecular weight is 649 g/mol. The van der Waals surface area contributed by atoms with Gasteiger partial charge < -0.3 is 24.6 Å². The number of allylic oxidation sites excluding steroid dienone is 2. The SMILES string of the molecule is CN1CC=C(OC2CCC(Nc3ccc([N+](=O)[O-])c(C(F)(F)F)c3)CC2)C=C1CCC1CCC2CN(C(=O)OC(C)(C)C)CC2C1. The first kappa shape index (κ1) is 33.9. The smallest absolute Gasteiger partial charge is 0.423 e. The fourth-order valence-electron chi connectivity index (χ4n) is 7.41. The Morgan fingerprint density at radius 2 is 1.78 bits per heavy atom. The Bertz CT molecular complexity index is 1330. The van der Waals surface area contributed by atoms with E-state index in [0.717, 1.165) is 88.9 Å². The summed E-state index contributed by atoms with van der Waals surface area (Å²) in [6, 6.07) is 3.04. The van der Waals surface area contributed by atoms with Gasteiger partial charge in [-0.15, -0.1) is 0 Å². The van der Waals surface area contributed by atoms with E-state index in [1.807, 2.05) is 25.7 Å². The van der Waals surface area contributed by atoms with Crippen molar-refractivity contribution in [3.63, 3.8) is 0 Å². The van der Waals surface area contributed by atoms with E-state index in [1.54, 1.807) is 0 Å². The Morgan fingerprint density at radius 1 is 1.07 bits per heavy atom. The summed E-state index contributed by atoms with van der Waals surface area (Å²) in [7, 11) is 2.10. The van der Waals surface area contributed by atoms with E-state index < -0.39 is 28.0 Å². The van der Waals surface area contributed by atoms with Crippen LogP contribution in [-0.2, 0) is 15.7 Å². The number of nitro benzene ring substituents is 1. The van der Waals surface area contributed by atoms with Crippen LogP contribution in [0.5, 0.6) is 0 Å². The quantitative estimate of drug-likeness (QED) is 0.225. The Labute approximate surface area is 269 Å². The molecule has 2 saturated carbocycles. The monoisotopic (exact) mass is 648 g/mol. The lowest BCUT2D eigenvalue weighted by Gasteiger charge is -2.33. The topological polar surface area (TPSA) is 97.2 Å². The molecule has 1 aromatic carbocycles. The lowest BCUT2D eigenvalue weighted by molar-refractivity contribution is -0.388. The van der Waals surface area contributed by atoms with Gasteiger partial charge in [0.05, 0.1) is 11.0 Å². The summed E-state index contributed by atoms with van der Waals surface area (Å²) in [5.41, 5.74) is -1.18. The highest BCUT2D eigenvalue weighted by atomic mass is 19.4. The summed E-state index contributed by atoms with van der Waals surface area (Å²) >= 11 is 0. The first-order valence-corrected chi connectivity index (χ1v) is 16.5. The van der Waals surface area contributed by atoms with Crippen LogP contribution in [0.2, 0.25) is 0 Å². The van der Waals surface area contributed by atoms with Crippen molar-refractivity contribution in [3.05, 3.63) is 57.5 Å². The van der Waals surface area contributed by atoms with Crippen molar-refractivity contribution >= 4 is 17.5 Å². The summed E-state index contributed by atoms with van der Waals surface area (Å²) in [4.78, 5) is 26.8. The molecule has 5 rings (SSSR count). The molecule has 2 aliphatic heterocycles. The Hall–Kier alpha value is -3.44. The number of likely N-dealkylation sites (tertiary alicyclic amines) is 1. The minimum absolute atomic E-state index is 0.0263. The Morgan fingerprint density at radius 3 is 2.46 bits per heavy atom. The zero-order valence-corrected chi connectivity index (χ0v) is 27.3. The van der Waals surface area contributed by atoms with Crippen LogP contribution >= 0.6 is 0 Å². The number of fused-ring (bicyclic) bond motifs is 1. The van der Waals surface area contributed by atoms with Crippen LogP contribution in [0.1, 0.15) is 84.1 Å². The number of nitrogens with one attached hydrogen (secondary N) is 1. The molecule has 2 heterocycles. The number of likely N-dealkylation sites (N-methyl/N-ethyl adjacent to an activating group) is 1. The molecule has 0 bridgehead atoms. The summed E-state index contributed by atoms with van der Waals surface area (Å²) < 4.78 is 52.2. The third-order valence-corrected chi connectivity index (χ3v) is 9.83. The van der Waals surface area contributed by atoms with E-state index in [1.165, 1.54) is 18.2 Å². The highest BCUT2D eigenvalue weighted by molar-refractivity contribution is 5.68. The molecule has 0 spiro atoms.